The Labute approximate surface area is 101 Å². The topological polar surface area (TPSA) is 42.7 Å². The van der Waals surface area contributed by atoms with Crippen molar-refractivity contribution in [2.45, 2.75) is 32.4 Å². The molecule has 17 heavy (non-hydrogen) atoms. The Bertz CT molecular complexity index is 500. The van der Waals surface area contributed by atoms with Gasteiger partial charge in [-0.3, -0.25) is 0 Å². The number of aryl methyl sites for hydroxylation is 1. The van der Waals surface area contributed by atoms with E-state index in [1.165, 1.54) is 18.4 Å². The molecular weight excluding hydrogens is 212 g/mol. The molecule has 0 spiro atoms. The second kappa shape index (κ2) is 4.30. The Morgan fingerprint density at radius 1 is 1.47 bits per heavy atom. The van der Waals surface area contributed by atoms with Gasteiger partial charge < -0.3 is 5.32 Å². The number of hydrogen-bond donors (Lipinski definition) is 1. The molecule has 0 aliphatic heterocycles. The molecule has 0 saturated heterocycles. The summed E-state index contributed by atoms with van der Waals surface area (Å²) >= 11 is 0. The van der Waals surface area contributed by atoms with Crippen molar-refractivity contribution >= 4 is 0 Å². The highest BCUT2D eigenvalue weighted by atomic mass is 15.3. The zero-order valence-electron chi connectivity index (χ0n) is 9.93. The first kappa shape index (κ1) is 10.5. The normalized spacial score (nSPS) is 15.1. The second-order valence-corrected chi connectivity index (χ2v) is 4.59. The van der Waals surface area contributed by atoms with Crippen LogP contribution in [0.4, 0.5) is 0 Å². The molecule has 0 aromatic carbocycles. The molecule has 1 saturated carbocycles. The molecule has 2 aromatic rings. The van der Waals surface area contributed by atoms with Gasteiger partial charge in [-0.15, -0.1) is 0 Å². The maximum Gasteiger partial charge on any atom is 0.156 e. The fourth-order valence-corrected chi connectivity index (χ4v) is 1.91. The van der Waals surface area contributed by atoms with Gasteiger partial charge in [-0.1, -0.05) is 0 Å². The van der Waals surface area contributed by atoms with E-state index in [0.29, 0.717) is 0 Å². The smallest absolute Gasteiger partial charge is 0.156 e. The van der Waals surface area contributed by atoms with Crippen LogP contribution in [0.5, 0.6) is 0 Å². The van der Waals surface area contributed by atoms with E-state index in [1.54, 1.807) is 10.9 Å². The average molecular weight is 228 g/mol. The molecule has 4 nitrogen and oxygen atoms in total. The van der Waals surface area contributed by atoms with Crippen molar-refractivity contribution in [2.24, 2.45) is 0 Å². The van der Waals surface area contributed by atoms with E-state index in [0.717, 1.165) is 24.0 Å². The molecule has 0 bridgehead atoms. The lowest BCUT2D eigenvalue weighted by Gasteiger charge is -2.08. The Morgan fingerprint density at radius 3 is 3.00 bits per heavy atom. The third-order valence-electron chi connectivity index (χ3n) is 3.00. The third kappa shape index (κ3) is 2.36. The van der Waals surface area contributed by atoms with Gasteiger partial charge in [0.1, 0.15) is 0 Å². The maximum absolute atomic E-state index is 4.48. The van der Waals surface area contributed by atoms with Gasteiger partial charge in [0.25, 0.3) is 0 Å². The predicted molar refractivity (Wildman–Crippen MR) is 66.0 cm³/mol. The summed E-state index contributed by atoms with van der Waals surface area (Å²) in [5.41, 5.74) is 2.40. The Kier molecular flexibility index (Phi) is 2.65. The number of pyridine rings is 1. The minimum absolute atomic E-state index is 0.737. The molecule has 88 valence electrons. The fourth-order valence-electron chi connectivity index (χ4n) is 1.91. The molecule has 0 atom stereocenters. The Balaban J connectivity index is 1.78. The van der Waals surface area contributed by atoms with Crippen LogP contribution in [0.25, 0.3) is 5.82 Å². The summed E-state index contributed by atoms with van der Waals surface area (Å²) in [6.07, 6.45) is 8.25. The van der Waals surface area contributed by atoms with Crippen LogP contribution >= 0.6 is 0 Å². The molecule has 0 amide bonds. The van der Waals surface area contributed by atoms with Crippen LogP contribution < -0.4 is 5.32 Å². The largest absolute Gasteiger partial charge is 0.310 e. The van der Waals surface area contributed by atoms with Gasteiger partial charge in [0.15, 0.2) is 5.82 Å². The summed E-state index contributed by atoms with van der Waals surface area (Å²) in [4.78, 5) is 4.48. The van der Waals surface area contributed by atoms with Gasteiger partial charge in [0.2, 0.25) is 0 Å². The molecule has 1 aliphatic rings. The van der Waals surface area contributed by atoms with E-state index in [4.69, 9.17) is 0 Å². The van der Waals surface area contributed by atoms with Crippen molar-refractivity contribution in [3.05, 3.63) is 41.9 Å². The summed E-state index contributed by atoms with van der Waals surface area (Å²) in [6.45, 7) is 2.99. The maximum atomic E-state index is 4.48. The highest BCUT2D eigenvalue weighted by Crippen LogP contribution is 2.19. The van der Waals surface area contributed by atoms with Crippen LogP contribution in [0, 0.1) is 6.92 Å². The van der Waals surface area contributed by atoms with Crippen molar-refractivity contribution < 1.29 is 0 Å². The second-order valence-electron chi connectivity index (χ2n) is 4.59. The SMILES string of the molecule is Cc1cc(CNC2CC2)cnc1-n1cccn1. The first-order chi connectivity index (χ1) is 8.33. The van der Waals surface area contributed by atoms with Crippen molar-refractivity contribution in [2.75, 3.05) is 0 Å². The minimum Gasteiger partial charge on any atom is -0.310 e. The highest BCUT2D eigenvalue weighted by Gasteiger charge is 2.20. The summed E-state index contributed by atoms with van der Waals surface area (Å²) in [5.74, 6) is 0.908. The van der Waals surface area contributed by atoms with Gasteiger partial charge in [0.05, 0.1) is 0 Å². The van der Waals surface area contributed by atoms with Gasteiger partial charge in [-0.25, -0.2) is 9.67 Å². The van der Waals surface area contributed by atoms with Gasteiger partial charge in [0, 0.05) is 31.2 Å². The molecule has 2 aromatic heterocycles. The van der Waals surface area contributed by atoms with Crippen molar-refractivity contribution in [1.29, 1.82) is 0 Å². The molecule has 4 heteroatoms. The van der Waals surface area contributed by atoms with Gasteiger partial charge in [-0.05, 0) is 43.0 Å². The number of nitrogens with one attached hydrogen (secondary N) is 1. The molecule has 2 heterocycles. The Morgan fingerprint density at radius 2 is 2.35 bits per heavy atom. The Hall–Kier alpha value is -1.68. The average Bonchev–Trinajstić information content (AvgIpc) is 3.01. The van der Waals surface area contributed by atoms with E-state index in [2.05, 4.69) is 28.4 Å². The van der Waals surface area contributed by atoms with E-state index >= 15 is 0 Å². The van der Waals surface area contributed by atoms with Crippen LogP contribution in [-0.2, 0) is 6.54 Å². The number of rotatable bonds is 4. The molecule has 0 unspecified atom stereocenters. The molecular formula is C13H16N4. The van der Waals surface area contributed by atoms with E-state index in [1.807, 2.05) is 18.5 Å². The lowest BCUT2D eigenvalue weighted by molar-refractivity contribution is 0.684. The lowest BCUT2D eigenvalue weighted by atomic mass is 10.2. The zero-order chi connectivity index (χ0) is 11.7. The van der Waals surface area contributed by atoms with Crippen LogP contribution in [0.1, 0.15) is 24.0 Å². The van der Waals surface area contributed by atoms with Crippen molar-refractivity contribution in [3.8, 4) is 5.82 Å². The van der Waals surface area contributed by atoms with Gasteiger partial charge >= 0.3 is 0 Å². The van der Waals surface area contributed by atoms with Crippen LogP contribution in [0.15, 0.2) is 30.7 Å². The first-order valence-electron chi connectivity index (χ1n) is 6.02. The zero-order valence-corrected chi connectivity index (χ0v) is 9.93. The quantitative estimate of drug-likeness (QED) is 0.868. The standard InChI is InChI=1S/C13H16N4/c1-10-7-11(8-14-12-3-4-12)9-15-13(10)17-6-2-5-16-17/h2,5-7,9,12,14H,3-4,8H2,1H3. The van der Waals surface area contributed by atoms with Gasteiger partial charge in [-0.2, -0.15) is 5.10 Å². The molecule has 3 rings (SSSR count). The summed E-state index contributed by atoms with van der Waals surface area (Å²) in [5, 5.41) is 7.69. The highest BCUT2D eigenvalue weighted by molar-refractivity contribution is 5.34. The van der Waals surface area contributed by atoms with Crippen LogP contribution in [-0.4, -0.2) is 20.8 Å². The minimum atomic E-state index is 0.737. The molecule has 0 radical (unpaired) electrons. The first-order valence-corrected chi connectivity index (χ1v) is 6.02. The predicted octanol–water partition coefficient (Wildman–Crippen LogP) is 1.83. The van der Waals surface area contributed by atoms with E-state index < -0.39 is 0 Å². The third-order valence-corrected chi connectivity index (χ3v) is 3.00. The molecule has 1 N–H and O–H groups in total. The summed E-state index contributed by atoms with van der Waals surface area (Å²) in [6, 6.07) is 4.82. The molecule has 1 fully saturated rings. The van der Waals surface area contributed by atoms with E-state index in [9.17, 15) is 0 Å². The number of nitrogens with zero attached hydrogens (tertiary/aromatic N) is 3. The van der Waals surface area contributed by atoms with E-state index in [-0.39, 0.29) is 0 Å². The van der Waals surface area contributed by atoms with Crippen molar-refractivity contribution in [1.82, 2.24) is 20.1 Å². The summed E-state index contributed by atoms with van der Waals surface area (Å²) in [7, 11) is 0. The fraction of sp³-hybridized carbons (Fsp3) is 0.385. The number of aromatic nitrogens is 3. The monoisotopic (exact) mass is 228 g/mol. The van der Waals surface area contributed by atoms with Crippen LogP contribution in [0.3, 0.4) is 0 Å². The van der Waals surface area contributed by atoms with Crippen LogP contribution in [0.2, 0.25) is 0 Å². The van der Waals surface area contributed by atoms with Crippen molar-refractivity contribution in [3.63, 3.8) is 0 Å². The molecule has 1 aliphatic carbocycles. The lowest BCUT2D eigenvalue weighted by Crippen LogP contribution is -2.15. The summed E-state index contributed by atoms with van der Waals surface area (Å²) < 4.78 is 1.80. The number of hydrogen-bond acceptors (Lipinski definition) is 3.